The van der Waals surface area contributed by atoms with E-state index in [9.17, 15) is 14.3 Å². The number of nitrogens with one attached hydrogen (secondary N) is 2. The fourth-order valence-electron chi connectivity index (χ4n) is 4.87. The molecule has 0 radical (unpaired) electrons. The number of amides is 1. The lowest BCUT2D eigenvalue weighted by Crippen LogP contribution is -2.45. The number of aliphatic hydroxyl groups is 1. The molecule has 3 atom stereocenters. The molecule has 2 bridgehead atoms. The summed E-state index contributed by atoms with van der Waals surface area (Å²) in [5.74, 6) is 0.192. The third-order valence-corrected chi connectivity index (χ3v) is 6.87. The zero-order chi connectivity index (χ0) is 22.2. The van der Waals surface area contributed by atoms with Crippen molar-refractivity contribution in [1.82, 2.24) is 10.6 Å². The summed E-state index contributed by atoms with van der Waals surface area (Å²) in [6.45, 7) is 4.03. The van der Waals surface area contributed by atoms with Crippen molar-refractivity contribution in [2.45, 2.75) is 51.4 Å². The minimum absolute atomic E-state index is 0.0200. The second-order valence-electron chi connectivity index (χ2n) is 8.94. The molecule has 3 fully saturated rings. The van der Waals surface area contributed by atoms with Crippen molar-refractivity contribution in [2.75, 3.05) is 6.61 Å². The van der Waals surface area contributed by atoms with Crippen LogP contribution in [-0.4, -0.2) is 29.9 Å². The van der Waals surface area contributed by atoms with E-state index in [4.69, 9.17) is 16.3 Å². The van der Waals surface area contributed by atoms with Gasteiger partial charge in [-0.1, -0.05) is 41.4 Å². The van der Waals surface area contributed by atoms with Gasteiger partial charge in [-0.15, -0.1) is 0 Å². The largest absolute Gasteiger partial charge is 0.489 e. The maximum Gasteiger partial charge on any atom is 0.226 e. The fourth-order valence-corrected chi connectivity index (χ4v) is 4.98. The van der Waals surface area contributed by atoms with E-state index in [0.29, 0.717) is 18.1 Å². The van der Waals surface area contributed by atoms with E-state index in [1.54, 1.807) is 6.07 Å². The highest BCUT2D eigenvalue weighted by Gasteiger charge is 2.60. The maximum absolute atomic E-state index is 13.5. The maximum atomic E-state index is 13.5. The smallest absolute Gasteiger partial charge is 0.226 e. The van der Waals surface area contributed by atoms with Crippen LogP contribution in [0.5, 0.6) is 5.75 Å². The second kappa shape index (κ2) is 8.77. The molecule has 0 heterocycles. The molecule has 3 aliphatic rings. The summed E-state index contributed by atoms with van der Waals surface area (Å²) in [6, 6.07) is 12.3. The van der Waals surface area contributed by atoms with Crippen LogP contribution in [0.25, 0.3) is 0 Å². The topological polar surface area (TPSA) is 70.6 Å². The van der Waals surface area contributed by atoms with Gasteiger partial charge in [-0.2, -0.15) is 0 Å². The van der Waals surface area contributed by atoms with E-state index in [1.165, 1.54) is 17.7 Å². The van der Waals surface area contributed by atoms with Crippen molar-refractivity contribution in [1.29, 1.82) is 0 Å². The first kappa shape index (κ1) is 22.1. The molecule has 0 aliphatic heterocycles. The highest BCUT2D eigenvalue weighted by Crippen LogP contribution is 2.59. The van der Waals surface area contributed by atoms with E-state index in [0.717, 1.165) is 18.4 Å². The van der Waals surface area contributed by atoms with Gasteiger partial charge in [0.15, 0.2) is 0 Å². The van der Waals surface area contributed by atoms with Gasteiger partial charge in [0.05, 0.1) is 16.5 Å². The average Bonchev–Trinajstić information content (AvgIpc) is 3.24. The van der Waals surface area contributed by atoms with Crippen LogP contribution < -0.4 is 15.4 Å². The minimum Gasteiger partial charge on any atom is -0.489 e. The molecule has 31 heavy (non-hydrogen) atoms. The summed E-state index contributed by atoms with van der Waals surface area (Å²) in [5.41, 5.74) is 1.91. The molecule has 5 rings (SSSR count). The third kappa shape index (κ3) is 4.71. The third-order valence-electron chi connectivity index (χ3n) is 6.56. The Kier molecular flexibility index (Phi) is 6.24. The van der Waals surface area contributed by atoms with Gasteiger partial charge >= 0.3 is 0 Å². The Balaban J connectivity index is 1.27. The van der Waals surface area contributed by atoms with Crippen molar-refractivity contribution in [2.24, 2.45) is 11.3 Å². The summed E-state index contributed by atoms with van der Waals surface area (Å²) < 4.78 is 19.0. The van der Waals surface area contributed by atoms with E-state index in [2.05, 4.69) is 16.7 Å². The van der Waals surface area contributed by atoms with Gasteiger partial charge in [0, 0.05) is 12.1 Å². The van der Waals surface area contributed by atoms with Crippen LogP contribution in [0.3, 0.4) is 0 Å². The van der Waals surface area contributed by atoms with Crippen molar-refractivity contribution >= 4 is 17.5 Å². The van der Waals surface area contributed by atoms with Gasteiger partial charge < -0.3 is 15.2 Å². The van der Waals surface area contributed by atoms with Crippen molar-refractivity contribution < 1.29 is 19.0 Å². The zero-order valence-electron chi connectivity index (χ0n) is 17.7. The summed E-state index contributed by atoms with van der Waals surface area (Å²) in [7, 11) is 0. The van der Waals surface area contributed by atoms with E-state index in [1.807, 2.05) is 32.0 Å². The molecular formula is C24H28ClFN2O3. The number of carbonyl (C=O) groups excluding carboxylic acids is 1. The van der Waals surface area contributed by atoms with Crippen LogP contribution in [0.1, 0.15) is 43.4 Å². The van der Waals surface area contributed by atoms with Gasteiger partial charge in [0.2, 0.25) is 5.91 Å². The normalized spacial score (nSPS) is 26.1. The molecule has 3 N–H and O–H groups in total. The molecule has 3 aliphatic carbocycles. The molecule has 0 saturated heterocycles. The standard InChI is InChI=1S/C24H28ClFN2O3/c1-14-4-3-5-16(8-14)15(2)27-23(30)24-10-17(11-24)21(12-24)28-22(29)13-31-18-6-7-19(25)20(26)9-18/h3-9,15,17,21-22,28-29H,10-13H2,1-2H3,(H,27,30)/t15-,17?,21+,22?,24?/m1/s1. The molecule has 5 nitrogen and oxygen atoms in total. The zero-order valence-corrected chi connectivity index (χ0v) is 18.5. The van der Waals surface area contributed by atoms with Gasteiger partial charge in [0.25, 0.3) is 0 Å². The van der Waals surface area contributed by atoms with Crippen LogP contribution in [0.2, 0.25) is 5.02 Å². The summed E-state index contributed by atoms with van der Waals surface area (Å²) in [6.07, 6.45) is 1.44. The molecular weight excluding hydrogens is 419 g/mol. The van der Waals surface area contributed by atoms with Crippen LogP contribution in [0.4, 0.5) is 4.39 Å². The quantitative estimate of drug-likeness (QED) is 0.533. The van der Waals surface area contributed by atoms with Crippen molar-refractivity contribution in [3.8, 4) is 5.75 Å². The van der Waals surface area contributed by atoms with Crippen molar-refractivity contribution in [3.63, 3.8) is 0 Å². The molecule has 3 saturated carbocycles. The first-order chi connectivity index (χ1) is 14.8. The summed E-state index contributed by atoms with van der Waals surface area (Å²) >= 11 is 5.66. The molecule has 1 unspecified atom stereocenters. The number of aliphatic hydroxyl groups excluding tert-OH is 1. The number of hydrogen-bond acceptors (Lipinski definition) is 4. The second-order valence-corrected chi connectivity index (χ2v) is 9.35. The van der Waals surface area contributed by atoms with Crippen LogP contribution >= 0.6 is 11.6 Å². The molecule has 7 heteroatoms. The Labute approximate surface area is 186 Å². The van der Waals surface area contributed by atoms with Gasteiger partial charge in [0.1, 0.15) is 24.4 Å². The lowest BCUT2D eigenvalue weighted by Gasteiger charge is -2.37. The monoisotopic (exact) mass is 446 g/mol. The predicted molar refractivity (Wildman–Crippen MR) is 117 cm³/mol. The number of fused-ring (bicyclic) bond motifs is 1. The Morgan fingerprint density at radius 3 is 2.77 bits per heavy atom. The lowest BCUT2D eigenvalue weighted by molar-refractivity contribution is -0.135. The Hall–Kier alpha value is -2.15. The van der Waals surface area contributed by atoms with Crippen molar-refractivity contribution in [3.05, 3.63) is 64.4 Å². The van der Waals surface area contributed by atoms with Gasteiger partial charge in [-0.25, -0.2) is 4.39 Å². The highest BCUT2D eigenvalue weighted by atomic mass is 35.5. The first-order valence-corrected chi connectivity index (χ1v) is 11.0. The van der Waals surface area contributed by atoms with Crippen LogP contribution in [0, 0.1) is 24.1 Å². The molecule has 2 aromatic rings. The minimum atomic E-state index is -0.908. The Bertz CT molecular complexity index is 964. The van der Waals surface area contributed by atoms with Gasteiger partial charge in [-0.05, 0) is 56.7 Å². The van der Waals surface area contributed by atoms with E-state index < -0.39 is 12.0 Å². The van der Waals surface area contributed by atoms with Crippen LogP contribution in [0.15, 0.2) is 42.5 Å². The number of aryl methyl sites for hydroxylation is 1. The number of halogens is 2. The lowest BCUT2D eigenvalue weighted by atomic mass is 9.69. The predicted octanol–water partition coefficient (Wildman–Crippen LogP) is 4.12. The Morgan fingerprint density at radius 2 is 2.06 bits per heavy atom. The number of hydrogen-bond donors (Lipinski definition) is 3. The number of carbonyl (C=O) groups is 1. The number of rotatable bonds is 8. The Morgan fingerprint density at radius 1 is 1.29 bits per heavy atom. The summed E-state index contributed by atoms with van der Waals surface area (Å²) in [4.78, 5) is 13.0. The highest BCUT2D eigenvalue weighted by molar-refractivity contribution is 6.30. The fraction of sp³-hybridized carbons (Fsp3) is 0.458. The molecule has 166 valence electrons. The number of ether oxygens (including phenoxy) is 1. The SMILES string of the molecule is Cc1cccc([C@@H](C)NC(=O)C23CC(C2)[C@@H](NC(O)COc2ccc(Cl)c(F)c2)C3)c1. The molecule has 0 aromatic heterocycles. The van der Waals surface area contributed by atoms with E-state index in [-0.39, 0.29) is 35.0 Å². The molecule has 0 spiro atoms. The average molecular weight is 447 g/mol. The molecule has 2 aromatic carbocycles. The van der Waals surface area contributed by atoms with E-state index >= 15 is 0 Å². The first-order valence-electron chi connectivity index (χ1n) is 10.7. The summed E-state index contributed by atoms with van der Waals surface area (Å²) in [5, 5.41) is 16.7. The number of benzene rings is 2. The van der Waals surface area contributed by atoms with Crippen LogP contribution in [-0.2, 0) is 4.79 Å². The van der Waals surface area contributed by atoms with Gasteiger partial charge in [-0.3, -0.25) is 10.1 Å². The molecule has 1 amide bonds.